The Bertz CT molecular complexity index is 492. The van der Waals surface area contributed by atoms with Crippen molar-refractivity contribution in [2.75, 3.05) is 7.05 Å². The van der Waals surface area contributed by atoms with Gasteiger partial charge in [-0.05, 0) is 18.0 Å². The molecule has 1 aromatic heterocycles. The highest BCUT2D eigenvalue weighted by atomic mass is 16.2. The summed E-state index contributed by atoms with van der Waals surface area (Å²) < 4.78 is 30.4. The Morgan fingerprint density at radius 1 is 1.77 bits per heavy atom. The molecule has 3 nitrogen and oxygen atoms in total. The molecule has 0 spiro atoms. The first-order chi connectivity index (χ1) is 7.93. The Morgan fingerprint density at radius 3 is 3.31 bits per heavy atom. The van der Waals surface area contributed by atoms with Crippen LogP contribution in [0.5, 0.6) is 0 Å². The number of aromatic nitrogens is 1. The van der Waals surface area contributed by atoms with Gasteiger partial charge in [0.05, 0.1) is 11.5 Å². The number of nitrogens with zero attached hydrogens (tertiary/aromatic N) is 2. The Labute approximate surface area is 83.0 Å². The lowest BCUT2D eigenvalue weighted by Crippen LogP contribution is -2.22. The van der Waals surface area contributed by atoms with Gasteiger partial charge in [-0.1, -0.05) is 6.04 Å². The lowest BCUT2D eigenvalue weighted by Gasteiger charge is -2.19. The monoisotopic (exact) mass is 180 g/mol. The molecule has 0 bridgehead atoms. The first-order valence-corrected chi connectivity index (χ1v) is 4.13. The number of hydrogen-bond donors (Lipinski definition) is 0. The van der Waals surface area contributed by atoms with E-state index < -0.39 is 0 Å². The molecular weight excluding hydrogens is 164 g/mol. The smallest absolute Gasteiger partial charge is 0.222 e. The van der Waals surface area contributed by atoms with Gasteiger partial charge in [0.2, 0.25) is 5.91 Å². The van der Waals surface area contributed by atoms with Crippen LogP contribution in [-0.4, -0.2) is 22.8 Å². The molecule has 0 saturated carbocycles. The molecule has 1 aliphatic heterocycles. The number of hydrogen-bond acceptors (Lipinski definition) is 2. The van der Waals surface area contributed by atoms with E-state index in [0.717, 1.165) is 0 Å². The topological polar surface area (TPSA) is 33.2 Å². The maximum Gasteiger partial charge on any atom is 0.222 e. The quantitative estimate of drug-likeness (QED) is 0.654. The zero-order valence-corrected chi connectivity index (χ0v) is 7.29. The summed E-state index contributed by atoms with van der Waals surface area (Å²) in [7, 11) is 1.62. The predicted octanol–water partition coefficient (Wildman–Crippen LogP) is 1.37. The van der Waals surface area contributed by atoms with Gasteiger partial charge in [-0.2, -0.15) is 0 Å². The van der Waals surface area contributed by atoms with Crippen LogP contribution >= 0.6 is 0 Å². The van der Waals surface area contributed by atoms with Crippen molar-refractivity contribution in [3.63, 3.8) is 0 Å². The van der Waals surface area contributed by atoms with Crippen molar-refractivity contribution >= 4 is 5.91 Å². The molecule has 1 aliphatic rings. The van der Waals surface area contributed by atoms with Crippen LogP contribution in [-0.2, 0) is 4.79 Å². The summed E-state index contributed by atoms with van der Waals surface area (Å²) >= 11 is 0. The maximum absolute atomic E-state index is 11.4. The van der Waals surface area contributed by atoms with Gasteiger partial charge in [0.25, 0.3) is 0 Å². The van der Waals surface area contributed by atoms with Crippen LogP contribution in [0.4, 0.5) is 0 Å². The van der Waals surface area contributed by atoms with Crippen molar-refractivity contribution < 1.29 is 10.3 Å². The molecule has 0 aliphatic carbocycles. The second kappa shape index (κ2) is 3.17. The minimum atomic E-state index is -0.365. The molecule has 13 heavy (non-hydrogen) atoms. The highest BCUT2D eigenvalue weighted by Gasteiger charge is 2.28. The zero-order chi connectivity index (χ0) is 12.7. The van der Waals surface area contributed by atoms with Crippen LogP contribution < -0.4 is 0 Å². The van der Waals surface area contributed by atoms with Gasteiger partial charge in [-0.15, -0.1) is 0 Å². The van der Waals surface area contributed by atoms with E-state index in [-0.39, 0.29) is 41.9 Å². The second-order valence-electron chi connectivity index (χ2n) is 3.06. The average molecular weight is 180 g/mol. The first kappa shape index (κ1) is 4.74. The third-order valence-electron chi connectivity index (χ3n) is 2.31. The Kier molecular flexibility index (Phi) is 1.16. The Morgan fingerprint density at radius 2 is 2.62 bits per heavy atom. The fourth-order valence-electron chi connectivity index (χ4n) is 1.54. The zero-order valence-electron chi connectivity index (χ0n) is 11.3. The lowest BCUT2D eigenvalue weighted by atomic mass is 10.1. The van der Waals surface area contributed by atoms with E-state index in [4.69, 9.17) is 5.48 Å². The first-order valence-electron chi connectivity index (χ1n) is 6.13. The molecule has 1 unspecified atom stereocenters. The fraction of sp³-hybridized carbons (Fsp3) is 0.400. The Balaban J connectivity index is 2.53. The number of likely N-dealkylation sites (tertiary alicyclic amines) is 1. The van der Waals surface area contributed by atoms with E-state index in [2.05, 4.69) is 4.98 Å². The number of rotatable bonds is 1. The number of carbonyl (C=O) groups excluding carboxylic acids is 1. The molecule has 2 heterocycles. The molecule has 1 saturated heterocycles. The van der Waals surface area contributed by atoms with Crippen molar-refractivity contribution in [2.45, 2.75) is 18.9 Å². The molecule has 68 valence electrons. The highest BCUT2D eigenvalue weighted by Crippen LogP contribution is 2.30. The van der Waals surface area contributed by atoms with Crippen LogP contribution in [0, 0.1) is 0 Å². The lowest BCUT2D eigenvalue weighted by molar-refractivity contribution is -0.127. The van der Waals surface area contributed by atoms with Crippen LogP contribution in [0.3, 0.4) is 0 Å². The third kappa shape index (κ3) is 1.41. The van der Waals surface area contributed by atoms with Crippen LogP contribution in [0.15, 0.2) is 24.4 Å². The van der Waals surface area contributed by atoms with Crippen molar-refractivity contribution in [3.8, 4) is 0 Å². The molecule has 3 heteroatoms. The largest absolute Gasteiger partial charge is 0.339 e. The maximum atomic E-state index is 11.4. The Hall–Kier alpha value is -1.38. The normalized spacial score (nSPS) is 26.7. The number of amides is 1. The number of pyridine rings is 1. The summed E-state index contributed by atoms with van der Waals surface area (Å²) in [5, 5.41) is 0. The summed E-state index contributed by atoms with van der Waals surface area (Å²) in [5.74, 6) is -0.0321. The van der Waals surface area contributed by atoms with Crippen molar-refractivity contribution in [1.29, 1.82) is 0 Å². The van der Waals surface area contributed by atoms with Gasteiger partial charge in [-0.25, -0.2) is 0 Å². The molecule has 1 fully saturated rings. The van der Waals surface area contributed by atoms with Crippen molar-refractivity contribution in [2.24, 2.45) is 0 Å². The van der Waals surface area contributed by atoms with Crippen LogP contribution in [0.25, 0.3) is 0 Å². The van der Waals surface area contributed by atoms with Crippen LogP contribution in [0.1, 0.15) is 29.9 Å². The van der Waals surface area contributed by atoms with E-state index in [1.165, 1.54) is 4.90 Å². The summed E-state index contributed by atoms with van der Waals surface area (Å²) in [6.07, 6.45) is 0.375. The van der Waals surface area contributed by atoms with Crippen LogP contribution in [0.2, 0.25) is 0 Å². The molecule has 1 atom stereocenters. The van der Waals surface area contributed by atoms with Gasteiger partial charge in [0.1, 0.15) is 0 Å². The predicted molar refractivity (Wildman–Crippen MR) is 49.0 cm³/mol. The van der Waals surface area contributed by atoms with E-state index in [1.807, 2.05) is 0 Å². The molecular formula is C10H12N2O. The van der Waals surface area contributed by atoms with Gasteiger partial charge in [0, 0.05) is 25.8 Å². The van der Waals surface area contributed by atoms with Gasteiger partial charge < -0.3 is 4.90 Å². The van der Waals surface area contributed by atoms with E-state index in [0.29, 0.717) is 12.8 Å². The van der Waals surface area contributed by atoms with Gasteiger partial charge >= 0.3 is 0 Å². The summed E-state index contributed by atoms with van der Waals surface area (Å²) in [4.78, 5) is 16.5. The second-order valence-corrected chi connectivity index (χ2v) is 3.06. The molecule has 0 N–H and O–H groups in total. The summed E-state index contributed by atoms with van der Waals surface area (Å²) in [6, 6.07) is -0.815. The summed E-state index contributed by atoms with van der Waals surface area (Å²) in [6.45, 7) is 0. The van der Waals surface area contributed by atoms with E-state index >= 15 is 0 Å². The third-order valence-corrected chi connectivity index (χ3v) is 2.31. The van der Waals surface area contributed by atoms with E-state index in [9.17, 15) is 4.79 Å². The SMILES string of the molecule is [2H]c1nc([2H])c(C2CCC(=O)N2C)c([2H])c1[2H]. The number of carbonyl (C=O) groups is 1. The van der Waals surface area contributed by atoms with Crippen molar-refractivity contribution in [3.05, 3.63) is 30.0 Å². The molecule has 1 amide bonds. The standard InChI is InChI=1S/C10H12N2O/c1-12-9(4-5-10(12)13)8-3-2-6-11-7-8/h2-3,6-7,9H,4-5H2,1H3/i2D,3D,6D,7D. The van der Waals surface area contributed by atoms with Gasteiger partial charge in [0.15, 0.2) is 0 Å². The molecule has 0 aromatic carbocycles. The molecule has 2 rings (SSSR count). The summed E-state index contributed by atoms with van der Waals surface area (Å²) in [5.41, 5.74) is 0.277. The molecule has 0 radical (unpaired) electrons. The average Bonchev–Trinajstić information content (AvgIpc) is 2.58. The minimum Gasteiger partial charge on any atom is -0.339 e. The van der Waals surface area contributed by atoms with Crippen molar-refractivity contribution in [1.82, 2.24) is 9.88 Å². The fourth-order valence-corrected chi connectivity index (χ4v) is 1.54. The highest BCUT2D eigenvalue weighted by molar-refractivity contribution is 5.78. The van der Waals surface area contributed by atoms with E-state index in [1.54, 1.807) is 7.05 Å². The minimum absolute atomic E-state index is 0.0321. The van der Waals surface area contributed by atoms with Gasteiger partial charge in [-0.3, -0.25) is 9.78 Å². The molecule has 1 aromatic rings.